The lowest BCUT2D eigenvalue weighted by atomic mass is 9.91. The molecule has 3 rings (SSSR count). The van der Waals surface area contributed by atoms with Crippen LogP contribution in [0.2, 0.25) is 0 Å². The summed E-state index contributed by atoms with van der Waals surface area (Å²) in [6.45, 7) is 5.53. The Morgan fingerprint density at radius 3 is 2.58 bits per heavy atom. The molecular weight excluding hydrogens is 424 g/mol. The molecule has 31 heavy (non-hydrogen) atoms. The van der Waals surface area contributed by atoms with Gasteiger partial charge >= 0.3 is 0 Å². The summed E-state index contributed by atoms with van der Waals surface area (Å²) < 4.78 is 48.9. The van der Waals surface area contributed by atoms with Crippen LogP contribution in [0, 0.1) is 5.92 Å². The predicted octanol–water partition coefficient (Wildman–Crippen LogP) is 2.93. The Hall–Kier alpha value is -2.91. The van der Waals surface area contributed by atoms with Gasteiger partial charge in [-0.3, -0.25) is 14.1 Å². The second kappa shape index (κ2) is 8.68. The van der Waals surface area contributed by atoms with Gasteiger partial charge in [-0.25, -0.2) is 0 Å². The summed E-state index contributed by atoms with van der Waals surface area (Å²) in [5, 5.41) is 0. The Kier molecular flexibility index (Phi) is 6.38. The lowest BCUT2D eigenvalue weighted by Gasteiger charge is -2.27. The minimum Gasteiger partial charge on any atom is -0.492 e. The Bertz CT molecular complexity index is 1110. The largest absolute Gasteiger partial charge is 0.492 e. The maximum Gasteiger partial charge on any atom is 0.269 e. The van der Waals surface area contributed by atoms with Gasteiger partial charge in [0.2, 0.25) is 5.78 Å². The van der Waals surface area contributed by atoms with Crippen molar-refractivity contribution in [1.29, 1.82) is 0 Å². The molecule has 0 radical (unpaired) electrons. The normalized spacial score (nSPS) is 21.2. The van der Waals surface area contributed by atoms with Gasteiger partial charge in [0.1, 0.15) is 23.2 Å². The summed E-state index contributed by atoms with van der Waals surface area (Å²) in [4.78, 5) is 25.6. The van der Waals surface area contributed by atoms with Crippen LogP contribution in [0.15, 0.2) is 70.1 Å². The van der Waals surface area contributed by atoms with Crippen LogP contribution in [0.4, 0.5) is 0 Å². The molecule has 9 heteroatoms. The number of ether oxygens (including phenoxy) is 3. The quantitative estimate of drug-likeness (QED) is 0.617. The number of allylic oxidation sites excluding steroid dienone is 6. The number of Topliss-reactive ketones (excluding diaryl/α,β-unsaturated/α-hetero) is 2. The number of carbonyl (C=O) groups excluding carboxylic acids is 2. The van der Waals surface area contributed by atoms with E-state index in [0.29, 0.717) is 11.1 Å². The molecule has 166 valence electrons. The van der Waals surface area contributed by atoms with Crippen molar-refractivity contribution in [2.24, 2.45) is 5.92 Å². The Morgan fingerprint density at radius 1 is 1.26 bits per heavy atom. The van der Waals surface area contributed by atoms with E-state index in [-0.39, 0.29) is 40.8 Å². The van der Waals surface area contributed by atoms with Gasteiger partial charge in [0.15, 0.2) is 11.5 Å². The molecular formula is C22H24O8S. The van der Waals surface area contributed by atoms with E-state index >= 15 is 0 Å². The Balaban J connectivity index is 2.04. The average Bonchev–Trinajstić information content (AvgIpc) is 2.62. The molecule has 0 bridgehead atoms. The van der Waals surface area contributed by atoms with Crippen LogP contribution in [-0.4, -0.2) is 43.5 Å². The lowest BCUT2D eigenvalue weighted by Crippen LogP contribution is -2.25. The maximum atomic E-state index is 13.0. The van der Waals surface area contributed by atoms with E-state index in [4.69, 9.17) is 14.2 Å². The highest BCUT2D eigenvalue weighted by Gasteiger charge is 2.34. The third kappa shape index (κ3) is 5.05. The van der Waals surface area contributed by atoms with E-state index in [1.165, 1.54) is 25.7 Å². The number of methoxy groups -OCH3 is 1. The number of hydrogen-bond donors (Lipinski definition) is 1. The molecule has 8 nitrogen and oxygen atoms in total. The summed E-state index contributed by atoms with van der Waals surface area (Å²) in [7, 11) is -2.98. The van der Waals surface area contributed by atoms with E-state index in [9.17, 15) is 22.6 Å². The zero-order valence-electron chi connectivity index (χ0n) is 17.7. The van der Waals surface area contributed by atoms with Crippen LogP contribution in [0.1, 0.15) is 27.2 Å². The van der Waals surface area contributed by atoms with Crippen LogP contribution in [0.25, 0.3) is 0 Å². The van der Waals surface area contributed by atoms with E-state index < -0.39 is 27.8 Å². The number of fused-ring (bicyclic) bond motifs is 2. The first kappa shape index (κ1) is 22.8. The molecule has 3 aliphatic rings. The van der Waals surface area contributed by atoms with Crippen molar-refractivity contribution in [2.45, 2.75) is 33.3 Å². The van der Waals surface area contributed by atoms with Crippen LogP contribution in [0.3, 0.4) is 0 Å². The van der Waals surface area contributed by atoms with Gasteiger partial charge in [-0.1, -0.05) is 25.5 Å². The van der Waals surface area contributed by atoms with Gasteiger partial charge in [-0.05, 0) is 30.6 Å². The first-order valence-electron chi connectivity index (χ1n) is 9.65. The molecule has 0 spiro atoms. The fourth-order valence-corrected chi connectivity index (χ4v) is 4.14. The van der Waals surface area contributed by atoms with Gasteiger partial charge in [-0.15, -0.1) is 0 Å². The smallest absolute Gasteiger partial charge is 0.269 e. The molecule has 1 aliphatic heterocycles. The summed E-state index contributed by atoms with van der Waals surface area (Å²) >= 11 is 0. The molecule has 0 aromatic carbocycles. The third-order valence-electron chi connectivity index (χ3n) is 4.81. The van der Waals surface area contributed by atoms with Crippen LogP contribution in [0.5, 0.6) is 0 Å². The van der Waals surface area contributed by atoms with Crippen molar-refractivity contribution >= 4 is 21.7 Å². The molecule has 0 saturated heterocycles. The SMILES string of the molecule is COC1=C(C(=O)CC(C)C)C=C2OC=C3C(CS(=O)(=O)O)=CC(C)=CC3OC=C2C1=O. The molecule has 1 heterocycles. The van der Waals surface area contributed by atoms with Crippen molar-refractivity contribution < 1.29 is 36.8 Å². The molecule has 0 amide bonds. The van der Waals surface area contributed by atoms with Gasteiger partial charge in [0, 0.05) is 12.0 Å². The molecule has 1 unspecified atom stereocenters. The van der Waals surface area contributed by atoms with E-state index in [2.05, 4.69) is 0 Å². The molecule has 0 aromatic rings. The fourth-order valence-electron chi connectivity index (χ4n) is 3.49. The van der Waals surface area contributed by atoms with Crippen molar-refractivity contribution in [1.82, 2.24) is 0 Å². The van der Waals surface area contributed by atoms with Crippen molar-refractivity contribution in [3.05, 3.63) is 70.1 Å². The van der Waals surface area contributed by atoms with E-state index in [0.717, 1.165) is 5.57 Å². The summed E-state index contributed by atoms with van der Waals surface area (Å²) in [6, 6.07) is 0. The first-order valence-corrected chi connectivity index (χ1v) is 11.3. The van der Waals surface area contributed by atoms with Gasteiger partial charge in [-0.2, -0.15) is 8.42 Å². The summed E-state index contributed by atoms with van der Waals surface area (Å²) in [5.74, 6) is -1.34. The topological polar surface area (TPSA) is 116 Å². The molecule has 0 saturated carbocycles. The lowest BCUT2D eigenvalue weighted by molar-refractivity contribution is -0.119. The molecule has 2 aliphatic carbocycles. The van der Waals surface area contributed by atoms with E-state index in [1.807, 2.05) is 13.8 Å². The van der Waals surface area contributed by atoms with Gasteiger partial charge in [0.05, 0.1) is 25.2 Å². The third-order valence-corrected chi connectivity index (χ3v) is 5.49. The minimum absolute atomic E-state index is 0.0742. The van der Waals surface area contributed by atoms with Crippen molar-refractivity contribution in [2.75, 3.05) is 12.9 Å². The molecule has 0 aromatic heterocycles. The van der Waals surface area contributed by atoms with Crippen molar-refractivity contribution in [3.63, 3.8) is 0 Å². The maximum absolute atomic E-state index is 13.0. The number of rotatable bonds is 6. The van der Waals surface area contributed by atoms with Crippen LogP contribution in [-0.2, 0) is 33.9 Å². The van der Waals surface area contributed by atoms with Crippen molar-refractivity contribution in [3.8, 4) is 0 Å². The highest BCUT2D eigenvalue weighted by Crippen LogP contribution is 2.34. The molecule has 0 fully saturated rings. The zero-order chi connectivity index (χ0) is 22.9. The zero-order valence-corrected chi connectivity index (χ0v) is 18.5. The summed E-state index contributed by atoms with van der Waals surface area (Å²) in [5.41, 5.74) is 1.59. The second-order valence-corrected chi connectivity index (χ2v) is 9.34. The minimum atomic E-state index is -4.29. The van der Waals surface area contributed by atoms with Gasteiger partial charge in [0.25, 0.3) is 10.1 Å². The Morgan fingerprint density at radius 2 is 1.97 bits per heavy atom. The highest BCUT2D eigenvalue weighted by atomic mass is 32.2. The van der Waals surface area contributed by atoms with Crippen LogP contribution >= 0.6 is 0 Å². The van der Waals surface area contributed by atoms with E-state index in [1.54, 1.807) is 19.1 Å². The average molecular weight is 448 g/mol. The standard InChI is InChI=1S/C22H24O8S/c1-12(2)5-18(23)15-8-20-17(21(24)22(15)28-4)10-30-19-7-13(3)6-14(11-31(25,26)27)16(19)9-29-20/h6-10,12,19H,5,11H2,1-4H3,(H,25,26,27). The molecule has 1 N–H and O–H groups in total. The van der Waals surface area contributed by atoms with Gasteiger partial charge < -0.3 is 14.2 Å². The first-order chi connectivity index (χ1) is 14.5. The summed E-state index contributed by atoms with van der Waals surface area (Å²) in [6.07, 6.45) is 6.76. The predicted molar refractivity (Wildman–Crippen MR) is 112 cm³/mol. The van der Waals surface area contributed by atoms with Crippen LogP contribution < -0.4 is 0 Å². The number of carbonyl (C=O) groups is 2. The Labute approximate surface area is 181 Å². The highest BCUT2D eigenvalue weighted by molar-refractivity contribution is 7.86. The fraction of sp³-hybridized carbons (Fsp3) is 0.364. The monoisotopic (exact) mass is 448 g/mol. The second-order valence-electron chi connectivity index (χ2n) is 7.89. The number of ketones is 2. The molecule has 1 atom stereocenters. The number of hydrogen-bond acceptors (Lipinski definition) is 7.